The molecular formula is C15H23NO3. The van der Waals surface area contributed by atoms with Crippen molar-refractivity contribution in [2.75, 3.05) is 13.2 Å². The van der Waals surface area contributed by atoms with Gasteiger partial charge in [0.2, 0.25) is 5.91 Å². The summed E-state index contributed by atoms with van der Waals surface area (Å²) in [4.78, 5) is 15.0. The molecule has 0 aromatic rings. The van der Waals surface area contributed by atoms with E-state index in [1.807, 2.05) is 0 Å². The van der Waals surface area contributed by atoms with Crippen LogP contribution in [0.4, 0.5) is 0 Å². The zero-order chi connectivity index (χ0) is 12.8. The van der Waals surface area contributed by atoms with E-state index in [1.165, 1.54) is 6.42 Å². The van der Waals surface area contributed by atoms with E-state index in [-0.39, 0.29) is 12.0 Å². The highest BCUT2D eigenvalue weighted by Crippen LogP contribution is 2.41. The highest BCUT2D eigenvalue weighted by molar-refractivity contribution is 5.80. The van der Waals surface area contributed by atoms with Crippen LogP contribution in [0.2, 0.25) is 0 Å². The predicted molar refractivity (Wildman–Crippen MR) is 69.7 cm³/mol. The van der Waals surface area contributed by atoms with Crippen LogP contribution in [-0.2, 0) is 14.3 Å². The van der Waals surface area contributed by atoms with E-state index in [0.29, 0.717) is 24.2 Å². The fraction of sp³-hybridized carbons (Fsp3) is 0.933. The predicted octanol–water partition coefficient (Wildman–Crippen LogP) is 1.72. The minimum Gasteiger partial charge on any atom is -0.376 e. The van der Waals surface area contributed by atoms with E-state index < -0.39 is 0 Å². The molecule has 1 saturated carbocycles. The third-order valence-electron chi connectivity index (χ3n) is 5.40. The van der Waals surface area contributed by atoms with Gasteiger partial charge in [0.25, 0.3) is 0 Å². The summed E-state index contributed by atoms with van der Waals surface area (Å²) in [5, 5.41) is 0. The Balaban J connectivity index is 1.51. The van der Waals surface area contributed by atoms with Crippen molar-refractivity contribution in [3.8, 4) is 0 Å². The average Bonchev–Trinajstić information content (AvgIpc) is 3.12. The summed E-state index contributed by atoms with van der Waals surface area (Å²) in [6.45, 7) is 1.70. The van der Waals surface area contributed by atoms with E-state index in [1.54, 1.807) is 0 Å². The van der Waals surface area contributed by atoms with E-state index in [2.05, 4.69) is 4.90 Å². The Kier molecular flexibility index (Phi) is 3.03. The van der Waals surface area contributed by atoms with Gasteiger partial charge < -0.3 is 14.4 Å². The molecule has 0 N–H and O–H groups in total. The largest absolute Gasteiger partial charge is 0.376 e. The number of hydrogen-bond donors (Lipinski definition) is 0. The highest BCUT2D eigenvalue weighted by Gasteiger charge is 2.48. The monoisotopic (exact) mass is 265 g/mol. The fourth-order valence-electron chi connectivity index (χ4n) is 4.48. The normalized spacial score (nSPS) is 45.3. The minimum atomic E-state index is 0.137. The summed E-state index contributed by atoms with van der Waals surface area (Å²) >= 11 is 0. The van der Waals surface area contributed by atoms with Gasteiger partial charge in [-0.25, -0.2) is 0 Å². The Bertz CT molecular complexity index is 372. The van der Waals surface area contributed by atoms with Gasteiger partial charge in [-0.1, -0.05) is 0 Å². The molecule has 3 aliphatic heterocycles. The summed E-state index contributed by atoms with van der Waals surface area (Å²) in [7, 11) is 0. The minimum absolute atomic E-state index is 0.137. The molecule has 3 saturated heterocycles. The Morgan fingerprint density at radius 2 is 2.00 bits per heavy atom. The first kappa shape index (κ1) is 12.2. The zero-order valence-corrected chi connectivity index (χ0v) is 11.4. The third-order valence-corrected chi connectivity index (χ3v) is 5.40. The molecule has 4 nitrogen and oxygen atoms in total. The lowest BCUT2D eigenvalue weighted by molar-refractivity contribution is -0.140. The Hall–Kier alpha value is -0.610. The maximum Gasteiger partial charge on any atom is 0.228 e. The number of fused-ring (bicyclic) bond motifs is 3. The number of rotatable bonds is 1. The second-order valence-electron chi connectivity index (χ2n) is 6.51. The second-order valence-corrected chi connectivity index (χ2v) is 6.51. The molecule has 2 bridgehead atoms. The lowest BCUT2D eigenvalue weighted by Gasteiger charge is -2.33. The topological polar surface area (TPSA) is 38.8 Å². The summed E-state index contributed by atoms with van der Waals surface area (Å²) in [5.41, 5.74) is 0. The molecule has 4 fully saturated rings. The Labute approximate surface area is 114 Å². The van der Waals surface area contributed by atoms with Crippen LogP contribution in [0.25, 0.3) is 0 Å². The molecule has 1 amide bonds. The molecule has 3 heterocycles. The quantitative estimate of drug-likeness (QED) is 0.724. The third kappa shape index (κ3) is 2.00. The molecule has 19 heavy (non-hydrogen) atoms. The van der Waals surface area contributed by atoms with Gasteiger partial charge in [0, 0.05) is 13.2 Å². The molecular weight excluding hydrogens is 242 g/mol. The molecule has 0 unspecified atom stereocenters. The van der Waals surface area contributed by atoms with Gasteiger partial charge >= 0.3 is 0 Å². The summed E-state index contributed by atoms with van der Waals surface area (Å²) in [6.07, 6.45) is 8.50. The molecule has 0 aromatic carbocycles. The molecule has 106 valence electrons. The van der Waals surface area contributed by atoms with E-state index >= 15 is 0 Å². The maximum absolute atomic E-state index is 12.9. The summed E-state index contributed by atoms with van der Waals surface area (Å²) < 4.78 is 11.8. The van der Waals surface area contributed by atoms with E-state index in [9.17, 15) is 4.79 Å². The molecule has 4 rings (SSSR count). The van der Waals surface area contributed by atoms with Gasteiger partial charge in [-0.05, 0) is 44.9 Å². The number of carbonyl (C=O) groups is 1. The lowest BCUT2D eigenvalue weighted by Crippen LogP contribution is -2.48. The molecule has 5 atom stereocenters. The zero-order valence-electron chi connectivity index (χ0n) is 11.4. The number of nitrogens with zero attached hydrogens (tertiary/aromatic N) is 1. The van der Waals surface area contributed by atoms with Crippen molar-refractivity contribution >= 4 is 5.91 Å². The van der Waals surface area contributed by atoms with E-state index in [0.717, 1.165) is 51.7 Å². The van der Waals surface area contributed by atoms with E-state index in [4.69, 9.17) is 9.47 Å². The Morgan fingerprint density at radius 1 is 1.05 bits per heavy atom. The standard InChI is InChI=1S/C15H23NO3/c17-15(11-9-10-5-6-13(11)19-10)16-7-2-8-18-14-4-1-3-12(14)16/h10-14H,1-9H2/t10-,11-,12-,13-,14-/m1/s1. The van der Waals surface area contributed by atoms with Gasteiger partial charge in [-0.3, -0.25) is 4.79 Å². The van der Waals surface area contributed by atoms with Crippen LogP contribution in [0.5, 0.6) is 0 Å². The van der Waals surface area contributed by atoms with Crippen molar-refractivity contribution in [3.05, 3.63) is 0 Å². The number of amides is 1. The summed E-state index contributed by atoms with van der Waals surface area (Å²) in [5.74, 6) is 0.493. The first-order chi connectivity index (χ1) is 9.33. The smallest absolute Gasteiger partial charge is 0.228 e. The van der Waals surface area contributed by atoms with Crippen molar-refractivity contribution in [1.29, 1.82) is 0 Å². The molecule has 0 aromatic heterocycles. The van der Waals surface area contributed by atoms with Crippen LogP contribution in [0.15, 0.2) is 0 Å². The van der Waals surface area contributed by atoms with Crippen LogP contribution in [0.3, 0.4) is 0 Å². The van der Waals surface area contributed by atoms with Gasteiger partial charge in [-0.15, -0.1) is 0 Å². The Morgan fingerprint density at radius 3 is 2.79 bits per heavy atom. The maximum atomic E-state index is 12.9. The van der Waals surface area contributed by atoms with Crippen LogP contribution < -0.4 is 0 Å². The summed E-state index contributed by atoms with van der Waals surface area (Å²) in [6, 6.07) is 0.342. The van der Waals surface area contributed by atoms with Crippen molar-refractivity contribution in [2.45, 2.75) is 69.3 Å². The molecule has 4 aliphatic rings. The molecule has 4 heteroatoms. The van der Waals surface area contributed by atoms with Crippen LogP contribution >= 0.6 is 0 Å². The average molecular weight is 265 g/mol. The van der Waals surface area contributed by atoms with Gasteiger partial charge in [0.1, 0.15) is 0 Å². The van der Waals surface area contributed by atoms with Gasteiger partial charge in [-0.2, -0.15) is 0 Å². The van der Waals surface area contributed by atoms with Crippen LogP contribution in [0.1, 0.15) is 44.9 Å². The SMILES string of the molecule is O=C([C@@H]1C[C@H]2CC[C@H]1O2)N1CCCO[C@@H]2CCC[C@H]21. The second kappa shape index (κ2) is 4.74. The first-order valence-corrected chi connectivity index (χ1v) is 7.90. The molecule has 1 aliphatic carbocycles. The number of carbonyl (C=O) groups excluding carboxylic acids is 1. The molecule has 0 radical (unpaired) electrons. The fourth-order valence-corrected chi connectivity index (χ4v) is 4.48. The highest BCUT2D eigenvalue weighted by atomic mass is 16.5. The van der Waals surface area contributed by atoms with Crippen molar-refractivity contribution in [2.24, 2.45) is 5.92 Å². The van der Waals surface area contributed by atoms with Crippen molar-refractivity contribution in [3.63, 3.8) is 0 Å². The van der Waals surface area contributed by atoms with Crippen LogP contribution in [0, 0.1) is 5.92 Å². The number of hydrogen-bond acceptors (Lipinski definition) is 3. The van der Waals surface area contributed by atoms with Gasteiger partial charge in [0.05, 0.1) is 30.3 Å². The lowest BCUT2D eigenvalue weighted by atomic mass is 9.87. The first-order valence-electron chi connectivity index (χ1n) is 7.90. The van der Waals surface area contributed by atoms with Crippen molar-refractivity contribution in [1.82, 2.24) is 4.90 Å². The van der Waals surface area contributed by atoms with Gasteiger partial charge in [0.15, 0.2) is 0 Å². The van der Waals surface area contributed by atoms with Crippen molar-refractivity contribution < 1.29 is 14.3 Å². The number of ether oxygens (including phenoxy) is 2. The van der Waals surface area contributed by atoms with Crippen LogP contribution in [-0.4, -0.2) is 48.3 Å². The molecule has 0 spiro atoms.